The number of amides is 1. The van der Waals surface area contributed by atoms with Crippen LogP contribution >= 0.6 is 0 Å². The molecule has 0 radical (unpaired) electrons. The Morgan fingerprint density at radius 3 is 2.39 bits per heavy atom. The summed E-state index contributed by atoms with van der Waals surface area (Å²) in [5.41, 5.74) is 9.36. The topological polar surface area (TPSA) is 127 Å². The third-order valence-electron chi connectivity index (χ3n) is 5.73. The molecule has 1 unspecified atom stereocenters. The number of nitrogen functional groups attached to an aromatic ring is 1. The Balaban J connectivity index is 1.48. The smallest absolute Gasteiger partial charge is 0.255 e. The van der Waals surface area contributed by atoms with Crippen LogP contribution in [-0.4, -0.2) is 35.4 Å². The van der Waals surface area contributed by atoms with E-state index in [4.69, 9.17) is 20.0 Å². The highest BCUT2D eigenvalue weighted by Crippen LogP contribution is 2.28. The van der Waals surface area contributed by atoms with E-state index in [0.717, 1.165) is 11.1 Å². The van der Waals surface area contributed by atoms with Gasteiger partial charge in [0, 0.05) is 25.1 Å². The predicted molar refractivity (Wildman–Crippen MR) is 144 cm³/mol. The molecule has 8 nitrogen and oxygen atoms in total. The van der Waals surface area contributed by atoms with E-state index < -0.39 is 15.6 Å². The number of anilines is 2. The summed E-state index contributed by atoms with van der Waals surface area (Å²) in [5.74, 6) is -0.762. The number of ether oxygens (including phenoxy) is 2. The molecule has 0 saturated heterocycles. The van der Waals surface area contributed by atoms with Crippen molar-refractivity contribution < 1.29 is 22.9 Å². The average molecular weight is 535 g/mol. The number of nitrogens with one attached hydrogen (secondary N) is 2. The first-order valence-electron chi connectivity index (χ1n) is 11.6. The van der Waals surface area contributed by atoms with Gasteiger partial charge >= 0.3 is 0 Å². The number of nitrogens with two attached hydrogens (primary N) is 1. The average Bonchev–Trinajstić information content (AvgIpc) is 2.93. The normalized spacial score (nSPS) is 12.6. The zero-order valence-corrected chi connectivity index (χ0v) is 21.5. The monoisotopic (exact) mass is 534 g/mol. The van der Waals surface area contributed by atoms with Crippen LogP contribution in [0.1, 0.15) is 15.9 Å². The van der Waals surface area contributed by atoms with Gasteiger partial charge in [-0.25, -0.2) is 13.4 Å². The largest absolute Gasteiger partial charge is 0.397 e. The number of carbonyl (C=O) groups excluding carboxylic acids is 1. The van der Waals surface area contributed by atoms with E-state index in [9.17, 15) is 13.4 Å². The van der Waals surface area contributed by atoms with Crippen molar-refractivity contribution in [3.05, 3.63) is 102 Å². The van der Waals surface area contributed by atoms with Gasteiger partial charge in [-0.15, -0.1) is 0 Å². The van der Waals surface area contributed by atoms with Crippen LogP contribution in [0.25, 0.3) is 11.1 Å². The zero-order chi connectivity index (χ0) is 27.1. The van der Waals surface area contributed by atoms with Crippen molar-refractivity contribution in [1.29, 1.82) is 4.78 Å². The number of pyridine rings is 1. The Bertz CT molecular complexity index is 1530. The summed E-state index contributed by atoms with van der Waals surface area (Å²) >= 11 is 0. The number of rotatable bonds is 10. The summed E-state index contributed by atoms with van der Waals surface area (Å²) in [6.07, 6.45) is 2.99. The standard InChI is InChI=1S/C28H27FN4O4S/c1-36-12-13-37-18-19-14-25(17-32-16-19)38(31,35)24-9-4-21(5-10-24)28(34)33-27-15-22(6-11-26(27)30)20-2-7-23(29)8-3-20/h2-11,14-17,31H,12-13,18,30H2,1H3,(H,33,34). The second kappa shape index (κ2) is 12.0. The van der Waals surface area contributed by atoms with E-state index in [1.807, 2.05) is 0 Å². The van der Waals surface area contributed by atoms with Gasteiger partial charge in [0.2, 0.25) is 0 Å². The van der Waals surface area contributed by atoms with Crippen LogP contribution in [-0.2, 0) is 25.8 Å². The lowest BCUT2D eigenvalue weighted by atomic mass is 10.0. The molecule has 4 N–H and O–H groups in total. The molecule has 38 heavy (non-hydrogen) atoms. The first-order valence-corrected chi connectivity index (χ1v) is 13.2. The number of carbonyl (C=O) groups is 1. The summed E-state index contributed by atoms with van der Waals surface area (Å²) in [7, 11) is -1.78. The molecule has 0 fully saturated rings. The number of benzene rings is 3. The molecular formula is C28H27FN4O4S. The maximum atomic E-state index is 13.4. The predicted octanol–water partition coefficient (Wildman–Crippen LogP) is 5.35. The summed E-state index contributed by atoms with van der Waals surface area (Å²) in [4.78, 5) is 17.5. The maximum absolute atomic E-state index is 13.4. The Morgan fingerprint density at radius 1 is 0.974 bits per heavy atom. The van der Waals surface area contributed by atoms with Gasteiger partial charge in [-0.2, -0.15) is 0 Å². The minimum Gasteiger partial charge on any atom is -0.397 e. The minimum absolute atomic E-state index is 0.242. The molecule has 1 heterocycles. The lowest BCUT2D eigenvalue weighted by Gasteiger charge is -2.12. The molecule has 0 spiro atoms. The maximum Gasteiger partial charge on any atom is 0.255 e. The lowest BCUT2D eigenvalue weighted by molar-refractivity contribution is 0.0615. The summed E-state index contributed by atoms with van der Waals surface area (Å²) in [5, 5.41) is 2.78. The van der Waals surface area contributed by atoms with E-state index >= 15 is 0 Å². The van der Waals surface area contributed by atoms with Crippen molar-refractivity contribution in [3.63, 3.8) is 0 Å². The first kappa shape index (κ1) is 26.9. The third-order valence-corrected chi connectivity index (χ3v) is 7.55. The number of hydrogen-bond acceptors (Lipinski definition) is 7. The molecule has 1 amide bonds. The van der Waals surface area contributed by atoms with Gasteiger partial charge in [-0.3, -0.25) is 9.78 Å². The molecule has 4 aromatic rings. The van der Waals surface area contributed by atoms with Crippen molar-refractivity contribution >= 4 is 27.0 Å². The Labute approximate surface area is 220 Å². The number of hydrogen-bond donors (Lipinski definition) is 3. The van der Waals surface area contributed by atoms with Crippen LogP contribution in [0.4, 0.5) is 15.8 Å². The second-order valence-corrected chi connectivity index (χ2v) is 10.5. The number of nitrogens with zero attached hydrogens (tertiary/aromatic N) is 1. The fourth-order valence-corrected chi connectivity index (χ4v) is 4.97. The Morgan fingerprint density at radius 2 is 1.68 bits per heavy atom. The van der Waals surface area contributed by atoms with Crippen LogP contribution in [0, 0.1) is 10.6 Å². The molecule has 0 aliphatic heterocycles. The van der Waals surface area contributed by atoms with Gasteiger partial charge in [0.15, 0.2) is 0 Å². The quantitative estimate of drug-likeness (QED) is 0.186. The molecular weight excluding hydrogens is 507 g/mol. The number of methoxy groups -OCH3 is 1. The molecule has 1 aromatic heterocycles. The summed E-state index contributed by atoms with van der Waals surface area (Å²) in [6.45, 7) is 1.11. The summed E-state index contributed by atoms with van der Waals surface area (Å²) < 4.78 is 45.6. The van der Waals surface area contributed by atoms with E-state index in [1.165, 1.54) is 42.6 Å². The van der Waals surface area contributed by atoms with Gasteiger partial charge in [-0.1, -0.05) is 18.2 Å². The van der Waals surface area contributed by atoms with Crippen molar-refractivity contribution in [2.75, 3.05) is 31.4 Å². The van der Waals surface area contributed by atoms with Gasteiger partial charge in [-0.05, 0) is 71.3 Å². The van der Waals surface area contributed by atoms with Crippen LogP contribution in [0.3, 0.4) is 0 Å². The van der Waals surface area contributed by atoms with Crippen molar-refractivity contribution in [2.24, 2.45) is 0 Å². The third kappa shape index (κ3) is 6.41. The number of aromatic nitrogens is 1. The molecule has 0 saturated carbocycles. The van der Waals surface area contributed by atoms with Crippen LogP contribution in [0.15, 0.2) is 95.0 Å². The van der Waals surface area contributed by atoms with Crippen LogP contribution in [0.2, 0.25) is 0 Å². The van der Waals surface area contributed by atoms with Crippen LogP contribution < -0.4 is 11.1 Å². The molecule has 3 aromatic carbocycles. The highest BCUT2D eigenvalue weighted by atomic mass is 32.2. The molecule has 10 heteroatoms. The highest BCUT2D eigenvalue weighted by molar-refractivity contribution is 7.92. The lowest BCUT2D eigenvalue weighted by Crippen LogP contribution is -2.13. The van der Waals surface area contributed by atoms with Gasteiger partial charge in [0.25, 0.3) is 5.91 Å². The van der Waals surface area contributed by atoms with Crippen molar-refractivity contribution in [1.82, 2.24) is 4.98 Å². The fraction of sp³-hybridized carbons (Fsp3) is 0.143. The molecule has 0 aliphatic carbocycles. The van der Waals surface area contributed by atoms with E-state index in [0.29, 0.717) is 35.7 Å². The first-order chi connectivity index (χ1) is 18.3. The number of halogens is 1. The second-order valence-electron chi connectivity index (χ2n) is 8.42. The van der Waals surface area contributed by atoms with Gasteiger partial charge in [0.1, 0.15) is 15.5 Å². The van der Waals surface area contributed by atoms with E-state index in [1.54, 1.807) is 49.7 Å². The molecule has 196 valence electrons. The highest BCUT2D eigenvalue weighted by Gasteiger charge is 2.16. The Kier molecular flexibility index (Phi) is 8.47. The van der Waals surface area contributed by atoms with E-state index in [2.05, 4.69) is 10.3 Å². The van der Waals surface area contributed by atoms with Crippen molar-refractivity contribution in [2.45, 2.75) is 16.4 Å². The molecule has 1 atom stereocenters. The van der Waals surface area contributed by atoms with Gasteiger partial charge < -0.3 is 20.5 Å². The van der Waals surface area contributed by atoms with E-state index in [-0.39, 0.29) is 22.2 Å². The zero-order valence-electron chi connectivity index (χ0n) is 20.6. The minimum atomic E-state index is -3.37. The summed E-state index contributed by atoms with van der Waals surface area (Å²) in [6, 6.07) is 18.8. The van der Waals surface area contributed by atoms with Crippen molar-refractivity contribution in [3.8, 4) is 11.1 Å². The molecule has 0 aliphatic rings. The molecule has 4 rings (SSSR count). The fourth-order valence-electron chi connectivity index (χ4n) is 3.65. The van der Waals surface area contributed by atoms with Crippen LogP contribution in [0.5, 0.6) is 0 Å². The Hall–Kier alpha value is -4.12. The SMILES string of the molecule is COCCOCc1cncc(S(=N)(=O)c2ccc(C(=O)Nc3cc(-c4ccc(F)cc4)ccc3N)cc2)c1. The molecule has 0 bridgehead atoms. The van der Waals surface area contributed by atoms with Gasteiger partial charge in [0.05, 0.1) is 41.0 Å².